The second kappa shape index (κ2) is 14.9. The van der Waals surface area contributed by atoms with Crippen molar-refractivity contribution < 1.29 is 40.3 Å². The number of esters is 1. The fourth-order valence-electron chi connectivity index (χ4n) is 3.04. The van der Waals surface area contributed by atoms with Gasteiger partial charge in [-0.3, -0.25) is 0 Å². The minimum Gasteiger partial charge on any atom is -0.461 e. The normalized spacial score (nSPS) is 12.9. The summed E-state index contributed by atoms with van der Waals surface area (Å²) in [7, 11) is 0. The molecule has 0 aromatic rings. The summed E-state index contributed by atoms with van der Waals surface area (Å²) in [4.78, 5) is 11.0. The van der Waals surface area contributed by atoms with E-state index in [0.717, 1.165) is 32.1 Å². The van der Waals surface area contributed by atoms with Gasteiger partial charge in [-0.1, -0.05) is 96.8 Å². The van der Waals surface area contributed by atoms with Crippen molar-refractivity contribution >= 4 is 5.97 Å². The Hall–Kier alpha value is -1.02. The van der Waals surface area contributed by atoms with Crippen LogP contribution < -0.4 is 0 Å². The Morgan fingerprint density at radius 2 is 0.933 bits per heavy atom. The molecule has 9 heteroatoms. The molecule has 0 heterocycles. The first kappa shape index (κ1) is 29.0. The van der Waals surface area contributed by atoms with Gasteiger partial charge in [-0.25, -0.2) is 4.79 Å². The molecular formula is C21H35F7O2. The molecule has 0 N–H and O–H groups in total. The van der Waals surface area contributed by atoms with Gasteiger partial charge in [0.1, 0.15) is 0 Å². The summed E-state index contributed by atoms with van der Waals surface area (Å²) in [5.74, 6) is -15.3. The molecular weight excluding hydrogens is 417 g/mol. The molecule has 0 aromatic carbocycles. The Balaban J connectivity index is 3.63. The lowest BCUT2D eigenvalue weighted by Gasteiger charge is -2.26. The average molecular weight is 452 g/mol. The Morgan fingerprint density at radius 1 is 0.600 bits per heavy atom. The first-order valence-corrected chi connectivity index (χ1v) is 11.0. The minimum atomic E-state index is -6.54. The van der Waals surface area contributed by atoms with Gasteiger partial charge in [0.2, 0.25) is 0 Å². The smallest absolute Gasteiger partial charge is 0.460 e. The number of unbranched alkanes of at least 4 members (excludes halogenated alkanes) is 14. The predicted octanol–water partition coefficient (Wildman–Crippen LogP) is 8.23. The molecule has 0 radical (unpaired) electrons. The van der Waals surface area contributed by atoms with Gasteiger partial charge in [-0.15, -0.1) is 0 Å². The van der Waals surface area contributed by atoms with Crippen LogP contribution in [0.5, 0.6) is 0 Å². The summed E-state index contributed by atoms with van der Waals surface area (Å²) in [5, 5.41) is 0. The molecule has 0 saturated carbocycles. The monoisotopic (exact) mass is 452 g/mol. The molecule has 0 amide bonds. The maximum Gasteiger partial charge on any atom is 0.460 e. The van der Waals surface area contributed by atoms with Crippen LogP contribution in [0, 0.1) is 0 Å². The van der Waals surface area contributed by atoms with E-state index in [0.29, 0.717) is 6.42 Å². The lowest BCUT2D eigenvalue weighted by atomic mass is 10.0. The van der Waals surface area contributed by atoms with E-state index < -0.39 is 30.6 Å². The summed E-state index contributed by atoms with van der Waals surface area (Å²) >= 11 is 0. The number of hydrogen-bond donors (Lipinski definition) is 0. The molecule has 2 nitrogen and oxygen atoms in total. The van der Waals surface area contributed by atoms with Crippen LogP contribution in [-0.2, 0) is 9.53 Å². The molecule has 0 fully saturated rings. The highest BCUT2D eigenvalue weighted by atomic mass is 19.4. The minimum absolute atomic E-state index is 0.136. The molecule has 0 rings (SSSR count). The predicted molar refractivity (Wildman–Crippen MR) is 102 cm³/mol. The van der Waals surface area contributed by atoms with E-state index in [1.807, 2.05) is 0 Å². The average Bonchev–Trinajstić information content (AvgIpc) is 2.66. The molecule has 0 aliphatic heterocycles. The summed E-state index contributed by atoms with van der Waals surface area (Å²) in [6.45, 7) is 1.59. The Labute approximate surface area is 174 Å². The second-order valence-electron chi connectivity index (χ2n) is 7.73. The van der Waals surface area contributed by atoms with E-state index in [4.69, 9.17) is 0 Å². The number of hydrogen-bond acceptors (Lipinski definition) is 2. The van der Waals surface area contributed by atoms with Crippen LogP contribution in [0.2, 0.25) is 0 Å². The van der Waals surface area contributed by atoms with Crippen LogP contribution in [0.25, 0.3) is 0 Å². The molecule has 0 saturated heterocycles. The number of alkyl halides is 7. The van der Waals surface area contributed by atoms with Crippen molar-refractivity contribution in [2.45, 2.75) is 121 Å². The van der Waals surface area contributed by atoms with E-state index in [9.17, 15) is 35.5 Å². The van der Waals surface area contributed by atoms with Gasteiger partial charge in [-0.05, 0) is 6.42 Å². The largest absolute Gasteiger partial charge is 0.461 e. The molecule has 0 aliphatic carbocycles. The maximum atomic E-state index is 13.0. The van der Waals surface area contributed by atoms with Crippen molar-refractivity contribution in [1.29, 1.82) is 0 Å². The Morgan fingerprint density at radius 3 is 1.27 bits per heavy atom. The van der Waals surface area contributed by atoms with Crippen molar-refractivity contribution in [2.75, 3.05) is 6.61 Å². The van der Waals surface area contributed by atoms with Crippen molar-refractivity contribution in [1.82, 2.24) is 0 Å². The van der Waals surface area contributed by atoms with E-state index in [2.05, 4.69) is 11.7 Å². The number of carbonyl (C=O) groups is 1. The third-order valence-corrected chi connectivity index (χ3v) is 4.99. The van der Waals surface area contributed by atoms with Crippen molar-refractivity contribution in [3.8, 4) is 0 Å². The lowest BCUT2D eigenvalue weighted by molar-refractivity contribution is -0.348. The summed E-state index contributed by atoms with van der Waals surface area (Å²) in [6.07, 6.45) is 9.28. The molecule has 0 spiro atoms. The molecule has 30 heavy (non-hydrogen) atoms. The number of carbonyl (C=O) groups excluding carboxylic acids is 1. The van der Waals surface area contributed by atoms with Gasteiger partial charge in [0, 0.05) is 0 Å². The first-order valence-electron chi connectivity index (χ1n) is 11.0. The number of halogens is 7. The van der Waals surface area contributed by atoms with Gasteiger partial charge >= 0.3 is 24.0 Å². The number of rotatable bonds is 18. The summed E-state index contributed by atoms with van der Waals surface area (Å²) in [6, 6.07) is 0. The fourth-order valence-corrected chi connectivity index (χ4v) is 3.04. The molecule has 0 aliphatic rings. The van der Waals surface area contributed by atoms with Crippen LogP contribution in [0.1, 0.15) is 103 Å². The summed E-state index contributed by atoms with van der Waals surface area (Å²) < 4.78 is 91.4. The van der Waals surface area contributed by atoms with Gasteiger partial charge in [-0.2, -0.15) is 30.7 Å². The Kier molecular flexibility index (Phi) is 14.4. The third kappa shape index (κ3) is 10.8. The van der Waals surface area contributed by atoms with Crippen LogP contribution in [-0.4, -0.2) is 30.6 Å². The molecule has 0 unspecified atom stereocenters. The maximum absolute atomic E-state index is 13.0. The van der Waals surface area contributed by atoms with Gasteiger partial charge in [0.05, 0.1) is 6.61 Å². The molecule has 0 bridgehead atoms. The zero-order chi connectivity index (χ0) is 23.1. The molecule has 0 aromatic heterocycles. The van der Waals surface area contributed by atoms with E-state index in [1.54, 1.807) is 0 Å². The van der Waals surface area contributed by atoms with Crippen LogP contribution in [0.15, 0.2) is 0 Å². The standard InChI is InChI=1S/C21H35F7O2/c1-2-3-4-5-6-7-8-9-10-11-12-13-14-15-16-17-30-18(29)19(22,23)20(24,25)21(26,27)28/h2-17H2,1H3. The fraction of sp³-hybridized carbons (Fsp3) is 0.952. The SMILES string of the molecule is CCCCCCCCCCCCCCCCCOC(=O)C(F)(F)C(F)(F)C(F)(F)F. The zero-order valence-electron chi connectivity index (χ0n) is 17.8. The lowest BCUT2D eigenvalue weighted by Crippen LogP contribution is -2.56. The van der Waals surface area contributed by atoms with Gasteiger partial charge < -0.3 is 4.74 Å². The van der Waals surface area contributed by atoms with E-state index in [1.165, 1.54) is 51.4 Å². The molecule has 0 atom stereocenters. The second-order valence-corrected chi connectivity index (χ2v) is 7.73. The highest BCUT2D eigenvalue weighted by molar-refractivity contribution is 5.79. The topological polar surface area (TPSA) is 26.3 Å². The van der Waals surface area contributed by atoms with E-state index >= 15 is 0 Å². The van der Waals surface area contributed by atoms with E-state index in [-0.39, 0.29) is 6.42 Å². The summed E-state index contributed by atoms with van der Waals surface area (Å²) in [5.41, 5.74) is 0. The van der Waals surface area contributed by atoms with Crippen LogP contribution in [0.3, 0.4) is 0 Å². The highest BCUT2D eigenvalue weighted by Gasteiger charge is 2.77. The molecule has 180 valence electrons. The number of ether oxygens (including phenoxy) is 1. The van der Waals surface area contributed by atoms with Crippen molar-refractivity contribution in [3.05, 3.63) is 0 Å². The van der Waals surface area contributed by atoms with Crippen LogP contribution >= 0.6 is 0 Å². The Bertz CT molecular complexity index is 451. The quantitative estimate of drug-likeness (QED) is 0.119. The van der Waals surface area contributed by atoms with Crippen LogP contribution in [0.4, 0.5) is 30.7 Å². The third-order valence-electron chi connectivity index (χ3n) is 4.99. The zero-order valence-corrected chi connectivity index (χ0v) is 17.8. The van der Waals surface area contributed by atoms with Gasteiger partial charge in [0.15, 0.2) is 0 Å². The first-order chi connectivity index (χ1) is 14.0. The highest BCUT2D eigenvalue weighted by Crippen LogP contribution is 2.46. The van der Waals surface area contributed by atoms with Crippen molar-refractivity contribution in [3.63, 3.8) is 0 Å². The van der Waals surface area contributed by atoms with Gasteiger partial charge in [0.25, 0.3) is 0 Å². The van der Waals surface area contributed by atoms with Crippen molar-refractivity contribution in [2.24, 2.45) is 0 Å².